The van der Waals surface area contributed by atoms with Gasteiger partial charge in [-0.2, -0.15) is 0 Å². The summed E-state index contributed by atoms with van der Waals surface area (Å²) in [6, 6.07) is 16.3. The van der Waals surface area contributed by atoms with E-state index < -0.39 is 5.97 Å². The average molecular weight is 418 g/mol. The van der Waals surface area contributed by atoms with E-state index in [1.54, 1.807) is 0 Å². The normalized spacial score (nSPS) is 10.6. The molecule has 0 fully saturated rings. The lowest BCUT2D eigenvalue weighted by atomic mass is 10.0. The molecule has 0 unspecified atom stereocenters. The van der Waals surface area contributed by atoms with Gasteiger partial charge in [0.2, 0.25) is 0 Å². The summed E-state index contributed by atoms with van der Waals surface area (Å²) in [5.41, 5.74) is 2.44. The van der Waals surface area contributed by atoms with Gasteiger partial charge in [-0.25, -0.2) is 9.78 Å². The number of rotatable bonds is 7. The Morgan fingerprint density at radius 2 is 1.92 bits per heavy atom. The van der Waals surface area contributed by atoms with E-state index in [0.717, 1.165) is 28.6 Å². The van der Waals surface area contributed by atoms with Crippen LogP contribution in [-0.4, -0.2) is 16.1 Å². The molecule has 0 aliphatic carbocycles. The number of nitrogens with zero attached hydrogens (tertiary/aromatic N) is 1. The third kappa shape index (κ3) is 4.67. The van der Waals surface area contributed by atoms with Gasteiger partial charge in [0.1, 0.15) is 17.4 Å². The molecule has 3 aromatic rings. The van der Waals surface area contributed by atoms with E-state index in [0.29, 0.717) is 5.01 Å². The molecule has 4 nitrogen and oxygen atoms in total. The maximum atomic E-state index is 10.9. The lowest BCUT2D eigenvalue weighted by Gasteiger charge is -2.12. The number of hydrogen-bond donors (Lipinski definition) is 1. The number of aromatic nitrogens is 1. The van der Waals surface area contributed by atoms with E-state index in [-0.39, 0.29) is 12.3 Å². The third-order valence-corrected chi connectivity index (χ3v) is 5.13. The van der Waals surface area contributed by atoms with Crippen molar-refractivity contribution in [3.63, 3.8) is 0 Å². The molecule has 0 aliphatic rings. The molecule has 0 saturated heterocycles. The van der Waals surface area contributed by atoms with Crippen LogP contribution in [0.1, 0.15) is 26.6 Å². The summed E-state index contributed by atoms with van der Waals surface area (Å²) >= 11 is 4.83. The zero-order chi connectivity index (χ0) is 17.6. The first kappa shape index (κ1) is 17.6. The second-order valence-electron chi connectivity index (χ2n) is 5.43. The van der Waals surface area contributed by atoms with Crippen LogP contribution >= 0.6 is 27.3 Å². The predicted octanol–water partition coefficient (Wildman–Crippen LogP) is 4.97. The largest absolute Gasteiger partial charge is 0.485 e. The van der Waals surface area contributed by atoms with Crippen molar-refractivity contribution in [1.82, 2.24) is 4.98 Å². The number of benzene rings is 2. The van der Waals surface area contributed by atoms with Crippen molar-refractivity contribution < 1.29 is 14.6 Å². The number of carbonyl (C=O) groups is 1. The molecule has 0 saturated carbocycles. The highest BCUT2D eigenvalue weighted by atomic mass is 79.9. The molecule has 0 radical (unpaired) electrons. The number of thiazole rings is 1. The Balaban J connectivity index is 1.70. The Kier molecular flexibility index (Phi) is 5.83. The van der Waals surface area contributed by atoms with Crippen LogP contribution in [0.25, 0.3) is 0 Å². The van der Waals surface area contributed by atoms with Crippen molar-refractivity contribution in [1.29, 1.82) is 0 Å². The van der Waals surface area contributed by atoms with Crippen molar-refractivity contribution >= 4 is 33.2 Å². The lowest BCUT2D eigenvalue weighted by Crippen LogP contribution is -2.02. The number of carboxylic acids is 1. The topological polar surface area (TPSA) is 59.4 Å². The van der Waals surface area contributed by atoms with Gasteiger partial charge in [-0.3, -0.25) is 0 Å². The first-order valence-electron chi connectivity index (χ1n) is 7.75. The van der Waals surface area contributed by atoms with Gasteiger partial charge in [0, 0.05) is 5.38 Å². The van der Waals surface area contributed by atoms with Crippen LogP contribution in [-0.2, 0) is 19.4 Å². The molecular weight excluding hydrogens is 402 g/mol. The molecule has 6 heteroatoms. The second-order valence-corrected chi connectivity index (χ2v) is 7.23. The minimum Gasteiger partial charge on any atom is -0.485 e. The molecule has 1 heterocycles. The van der Waals surface area contributed by atoms with Gasteiger partial charge in [0.05, 0.1) is 4.47 Å². The number of aromatic carboxylic acids is 1. The number of carboxylic acid groups (broad SMARTS) is 1. The predicted molar refractivity (Wildman–Crippen MR) is 101 cm³/mol. The van der Waals surface area contributed by atoms with Crippen LogP contribution in [0.2, 0.25) is 0 Å². The van der Waals surface area contributed by atoms with Crippen LogP contribution in [0.4, 0.5) is 0 Å². The molecular formula is C19H16BrNO3S. The third-order valence-electron chi connectivity index (χ3n) is 3.69. The molecule has 3 rings (SSSR count). The SMILES string of the molecule is O=C(O)c1csc(COc2c(Br)cccc2CCc2ccccc2)n1. The van der Waals surface area contributed by atoms with Crippen LogP contribution in [0.15, 0.2) is 58.4 Å². The summed E-state index contributed by atoms with van der Waals surface area (Å²) in [7, 11) is 0. The first-order chi connectivity index (χ1) is 12.1. The van der Waals surface area contributed by atoms with Crippen LogP contribution < -0.4 is 4.74 Å². The maximum Gasteiger partial charge on any atom is 0.355 e. The minimum atomic E-state index is -1.02. The van der Waals surface area contributed by atoms with Gasteiger partial charge >= 0.3 is 5.97 Å². The second kappa shape index (κ2) is 8.27. The van der Waals surface area contributed by atoms with E-state index >= 15 is 0 Å². The molecule has 0 bridgehead atoms. The maximum absolute atomic E-state index is 10.9. The summed E-state index contributed by atoms with van der Waals surface area (Å²) in [4.78, 5) is 15.0. The molecule has 0 aliphatic heterocycles. The number of halogens is 1. The van der Waals surface area contributed by atoms with Crippen LogP contribution in [0.5, 0.6) is 5.75 Å². The number of ether oxygens (including phenoxy) is 1. The highest BCUT2D eigenvalue weighted by molar-refractivity contribution is 9.10. The van der Waals surface area contributed by atoms with Crippen molar-refractivity contribution in [3.05, 3.63) is 80.2 Å². The minimum absolute atomic E-state index is 0.0556. The summed E-state index contributed by atoms with van der Waals surface area (Å²) in [6.07, 6.45) is 1.78. The fraction of sp³-hybridized carbons (Fsp3) is 0.158. The smallest absolute Gasteiger partial charge is 0.355 e. The first-order valence-corrected chi connectivity index (χ1v) is 9.42. The molecule has 0 amide bonds. The molecule has 2 aromatic carbocycles. The monoisotopic (exact) mass is 417 g/mol. The van der Waals surface area contributed by atoms with E-state index in [1.165, 1.54) is 22.3 Å². The summed E-state index contributed by atoms with van der Waals surface area (Å²) < 4.78 is 6.83. The van der Waals surface area contributed by atoms with Gasteiger partial charge < -0.3 is 9.84 Å². The van der Waals surface area contributed by atoms with Crippen molar-refractivity contribution in [2.45, 2.75) is 19.4 Å². The Morgan fingerprint density at radius 3 is 2.64 bits per heavy atom. The van der Waals surface area contributed by atoms with Crippen molar-refractivity contribution in [2.75, 3.05) is 0 Å². The highest BCUT2D eigenvalue weighted by Gasteiger charge is 2.12. The van der Waals surface area contributed by atoms with Crippen molar-refractivity contribution in [3.8, 4) is 5.75 Å². The van der Waals surface area contributed by atoms with Crippen molar-refractivity contribution in [2.24, 2.45) is 0 Å². The zero-order valence-electron chi connectivity index (χ0n) is 13.3. The van der Waals surface area contributed by atoms with E-state index in [4.69, 9.17) is 9.84 Å². The average Bonchev–Trinajstić information content (AvgIpc) is 3.09. The van der Waals surface area contributed by atoms with E-state index in [2.05, 4.69) is 33.0 Å². The Morgan fingerprint density at radius 1 is 1.12 bits per heavy atom. The highest BCUT2D eigenvalue weighted by Crippen LogP contribution is 2.31. The van der Waals surface area contributed by atoms with Crippen LogP contribution in [0, 0.1) is 0 Å². The fourth-order valence-electron chi connectivity index (χ4n) is 2.45. The van der Waals surface area contributed by atoms with Gasteiger partial charge in [-0.05, 0) is 46.0 Å². The van der Waals surface area contributed by atoms with Gasteiger partial charge in [-0.15, -0.1) is 11.3 Å². The molecule has 128 valence electrons. The van der Waals surface area contributed by atoms with Gasteiger partial charge in [0.15, 0.2) is 5.69 Å². The molecule has 1 aromatic heterocycles. The van der Waals surface area contributed by atoms with Gasteiger partial charge in [-0.1, -0.05) is 42.5 Å². The summed E-state index contributed by atoms with van der Waals surface area (Å²) in [6.45, 7) is 0.249. The summed E-state index contributed by atoms with van der Waals surface area (Å²) in [5.74, 6) is -0.238. The van der Waals surface area contributed by atoms with E-state index in [9.17, 15) is 4.79 Å². The van der Waals surface area contributed by atoms with E-state index in [1.807, 2.05) is 36.4 Å². The molecule has 1 N–H and O–H groups in total. The Labute approximate surface area is 158 Å². The number of hydrogen-bond acceptors (Lipinski definition) is 4. The Bertz CT molecular complexity index is 864. The number of para-hydroxylation sites is 1. The number of aryl methyl sites for hydroxylation is 2. The van der Waals surface area contributed by atoms with Crippen LogP contribution in [0.3, 0.4) is 0 Å². The summed E-state index contributed by atoms with van der Waals surface area (Å²) in [5, 5.41) is 11.1. The Hall–Kier alpha value is -2.18. The molecule has 25 heavy (non-hydrogen) atoms. The zero-order valence-corrected chi connectivity index (χ0v) is 15.7. The quantitative estimate of drug-likeness (QED) is 0.589. The lowest BCUT2D eigenvalue weighted by molar-refractivity contribution is 0.0691. The molecule has 0 atom stereocenters. The standard InChI is InChI=1S/C19H16BrNO3S/c20-15-8-4-7-14(10-9-13-5-2-1-3-6-13)18(15)24-11-17-21-16(12-25-17)19(22)23/h1-8,12H,9-11H2,(H,22,23). The molecule has 0 spiro atoms. The fourth-order valence-corrected chi connectivity index (χ4v) is 3.65. The van der Waals surface area contributed by atoms with Gasteiger partial charge in [0.25, 0.3) is 0 Å².